The Kier molecular flexibility index (Phi) is 5.06. The van der Waals surface area contributed by atoms with Gasteiger partial charge in [0.05, 0.1) is 14.2 Å². The van der Waals surface area contributed by atoms with Gasteiger partial charge in [0.15, 0.2) is 11.5 Å². The van der Waals surface area contributed by atoms with E-state index >= 15 is 0 Å². The monoisotopic (exact) mass is 397 g/mol. The zero-order chi connectivity index (χ0) is 20.5. The highest BCUT2D eigenvalue weighted by atomic mass is 16.5. The number of hydrogen-bond donors (Lipinski definition) is 0. The molecule has 1 atom stereocenters. The highest BCUT2D eigenvalue weighted by molar-refractivity contribution is 5.81. The second-order valence-electron chi connectivity index (χ2n) is 8.13. The van der Waals surface area contributed by atoms with Gasteiger partial charge in [0.2, 0.25) is 0 Å². The van der Waals surface area contributed by atoms with E-state index in [4.69, 9.17) is 9.47 Å². The van der Waals surface area contributed by atoms with E-state index in [0.717, 1.165) is 37.6 Å². The summed E-state index contributed by atoms with van der Waals surface area (Å²) in [6, 6.07) is 25.9. The molecule has 0 saturated heterocycles. The SMILES string of the molecule is COc1ccc2c(c1OC)CC(c1ccccc1)C1=C2CN(Cc2ccccc2)C1. The standard InChI is InChI=1S/C27H27NO2/c1-29-26-14-13-21-23(27(26)30-2)15-22(20-11-7-4-8-12-20)25-18-28(17-24(21)25)16-19-9-5-3-6-10-19/h3-14,22H,15-18H2,1-2H3. The Bertz CT molecular complexity index is 1070. The number of ether oxygens (including phenoxy) is 2. The van der Waals surface area contributed by atoms with Crippen LogP contribution >= 0.6 is 0 Å². The zero-order valence-corrected chi connectivity index (χ0v) is 17.6. The Morgan fingerprint density at radius 3 is 2.27 bits per heavy atom. The molecule has 3 aromatic carbocycles. The summed E-state index contributed by atoms with van der Waals surface area (Å²) in [5.41, 5.74) is 8.35. The fourth-order valence-corrected chi connectivity index (χ4v) is 5.06. The predicted octanol–water partition coefficient (Wildman–Crippen LogP) is 5.31. The van der Waals surface area contributed by atoms with E-state index in [9.17, 15) is 0 Å². The second kappa shape index (κ2) is 8.00. The Labute approximate surface area is 178 Å². The van der Waals surface area contributed by atoms with Crippen LogP contribution in [-0.2, 0) is 13.0 Å². The summed E-state index contributed by atoms with van der Waals surface area (Å²) in [5, 5.41) is 0. The number of fused-ring (bicyclic) bond motifs is 2. The van der Waals surface area contributed by atoms with Gasteiger partial charge < -0.3 is 9.47 Å². The van der Waals surface area contributed by atoms with E-state index in [2.05, 4.69) is 71.6 Å². The van der Waals surface area contributed by atoms with E-state index < -0.39 is 0 Å². The van der Waals surface area contributed by atoms with Gasteiger partial charge in [-0.1, -0.05) is 66.7 Å². The molecule has 1 aliphatic heterocycles. The van der Waals surface area contributed by atoms with Crippen molar-refractivity contribution in [1.29, 1.82) is 0 Å². The van der Waals surface area contributed by atoms with Crippen LogP contribution in [0.1, 0.15) is 28.2 Å². The van der Waals surface area contributed by atoms with Gasteiger partial charge in [0.25, 0.3) is 0 Å². The Balaban J connectivity index is 1.57. The van der Waals surface area contributed by atoms with Crippen LogP contribution in [0.4, 0.5) is 0 Å². The molecule has 0 saturated carbocycles. The lowest BCUT2D eigenvalue weighted by Crippen LogP contribution is -2.21. The first-order chi connectivity index (χ1) is 14.8. The van der Waals surface area contributed by atoms with Crippen molar-refractivity contribution < 1.29 is 9.47 Å². The van der Waals surface area contributed by atoms with Crippen molar-refractivity contribution in [1.82, 2.24) is 4.90 Å². The molecule has 3 nitrogen and oxygen atoms in total. The van der Waals surface area contributed by atoms with Crippen LogP contribution in [0.3, 0.4) is 0 Å². The lowest BCUT2D eigenvalue weighted by molar-refractivity contribution is 0.339. The van der Waals surface area contributed by atoms with Crippen LogP contribution in [0.5, 0.6) is 11.5 Å². The summed E-state index contributed by atoms with van der Waals surface area (Å²) in [5.74, 6) is 2.06. The molecule has 5 rings (SSSR count). The molecule has 3 aromatic rings. The zero-order valence-electron chi connectivity index (χ0n) is 17.6. The first-order valence-corrected chi connectivity index (χ1v) is 10.6. The van der Waals surface area contributed by atoms with E-state index in [1.165, 1.54) is 27.8 Å². The second-order valence-corrected chi connectivity index (χ2v) is 8.13. The van der Waals surface area contributed by atoms with Gasteiger partial charge in [-0.15, -0.1) is 0 Å². The maximum absolute atomic E-state index is 5.83. The average Bonchev–Trinajstić information content (AvgIpc) is 3.22. The summed E-state index contributed by atoms with van der Waals surface area (Å²) in [6.07, 6.45) is 0.942. The van der Waals surface area contributed by atoms with Crippen molar-refractivity contribution in [2.24, 2.45) is 0 Å². The minimum absolute atomic E-state index is 0.371. The highest BCUT2D eigenvalue weighted by Gasteiger charge is 2.36. The lowest BCUT2D eigenvalue weighted by Gasteiger charge is -2.29. The van der Waals surface area contributed by atoms with Gasteiger partial charge in [0, 0.05) is 31.1 Å². The van der Waals surface area contributed by atoms with Crippen molar-refractivity contribution in [2.45, 2.75) is 18.9 Å². The molecule has 0 spiro atoms. The van der Waals surface area contributed by atoms with Crippen molar-refractivity contribution in [3.63, 3.8) is 0 Å². The predicted molar refractivity (Wildman–Crippen MR) is 121 cm³/mol. The van der Waals surface area contributed by atoms with E-state index in [-0.39, 0.29) is 0 Å². The summed E-state index contributed by atoms with van der Waals surface area (Å²) in [4.78, 5) is 2.56. The molecule has 0 radical (unpaired) electrons. The summed E-state index contributed by atoms with van der Waals surface area (Å²) < 4.78 is 11.4. The smallest absolute Gasteiger partial charge is 0.164 e. The molecule has 0 fully saturated rings. The van der Waals surface area contributed by atoms with Crippen LogP contribution in [0.25, 0.3) is 5.57 Å². The fraction of sp³-hybridized carbons (Fsp3) is 0.259. The number of benzene rings is 3. The molecule has 0 amide bonds. The number of methoxy groups -OCH3 is 2. The van der Waals surface area contributed by atoms with Crippen molar-refractivity contribution >= 4 is 5.57 Å². The molecule has 1 aliphatic carbocycles. The van der Waals surface area contributed by atoms with Crippen LogP contribution in [0.15, 0.2) is 78.4 Å². The fourth-order valence-electron chi connectivity index (χ4n) is 5.06. The molecule has 0 N–H and O–H groups in total. The van der Waals surface area contributed by atoms with Gasteiger partial charge in [-0.3, -0.25) is 4.90 Å². The molecule has 0 bridgehead atoms. The third-order valence-corrected chi connectivity index (χ3v) is 6.42. The Morgan fingerprint density at radius 2 is 1.57 bits per heavy atom. The molecule has 0 aromatic heterocycles. The van der Waals surface area contributed by atoms with Crippen LogP contribution in [-0.4, -0.2) is 32.2 Å². The molecule has 1 unspecified atom stereocenters. The van der Waals surface area contributed by atoms with Gasteiger partial charge in [-0.25, -0.2) is 0 Å². The highest BCUT2D eigenvalue weighted by Crippen LogP contribution is 2.48. The molecule has 2 aliphatic rings. The lowest BCUT2D eigenvalue weighted by atomic mass is 9.76. The minimum atomic E-state index is 0.371. The Hall–Kier alpha value is -3.04. The number of nitrogens with zero attached hydrogens (tertiary/aromatic N) is 1. The summed E-state index contributed by atoms with van der Waals surface area (Å²) >= 11 is 0. The van der Waals surface area contributed by atoms with E-state index in [0.29, 0.717) is 5.92 Å². The minimum Gasteiger partial charge on any atom is -0.493 e. The third-order valence-electron chi connectivity index (χ3n) is 6.42. The Morgan fingerprint density at radius 1 is 0.833 bits per heavy atom. The molecular formula is C27H27NO2. The van der Waals surface area contributed by atoms with E-state index in [1.54, 1.807) is 19.8 Å². The number of rotatable bonds is 5. The van der Waals surface area contributed by atoms with Crippen LogP contribution < -0.4 is 9.47 Å². The van der Waals surface area contributed by atoms with Crippen LogP contribution in [0, 0.1) is 0 Å². The van der Waals surface area contributed by atoms with Gasteiger partial charge >= 0.3 is 0 Å². The van der Waals surface area contributed by atoms with E-state index in [1.807, 2.05) is 6.07 Å². The molecular weight excluding hydrogens is 370 g/mol. The quantitative estimate of drug-likeness (QED) is 0.582. The normalized spacial score (nSPS) is 18.1. The van der Waals surface area contributed by atoms with Crippen molar-refractivity contribution in [2.75, 3.05) is 27.3 Å². The van der Waals surface area contributed by atoms with Gasteiger partial charge in [-0.05, 0) is 40.3 Å². The maximum Gasteiger partial charge on any atom is 0.164 e. The van der Waals surface area contributed by atoms with Gasteiger partial charge in [0.1, 0.15) is 0 Å². The first-order valence-electron chi connectivity index (χ1n) is 10.6. The number of hydrogen-bond acceptors (Lipinski definition) is 3. The topological polar surface area (TPSA) is 21.7 Å². The van der Waals surface area contributed by atoms with Gasteiger partial charge in [-0.2, -0.15) is 0 Å². The average molecular weight is 398 g/mol. The summed E-state index contributed by atoms with van der Waals surface area (Å²) in [6.45, 7) is 2.95. The molecule has 1 heterocycles. The van der Waals surface area contributed by atoms with Crippen molar-refractivity contribution in [3.05, 3.63) is 101 Å². The molecule has 152 valence electrons. The third kappa shape index (κ3) is 3.29. The summed E-state index contributed by atoms with van der Waals surface area (Å²) in [7, 11) is 3.46. The largest absolute Gasteiger partial charge is 0.493 e. The van der Waals surface area contributed by atoms with Crippen LogP contribution in [0.2, 0.25) is 0 Å². The maximum atomic E-state index is 5.83. The first kappa shape index (κ1) is 19.0. The van der Waals surface area contributed by atoms with Crippen molar-refractivity contribution in [3.8, 4) is 11.5 Å². The molecule has 3 heteroatoms. The molecule has 30 heavy (non-hydrogen) atoms.